The van der Waals surface area contributed by atoms with Crippen molar-refractivity contribution in [3.63, 3.8) is 0 Å². The Morgan fingerprint density at radius 2 is 1.77 bits per heavy atom. The third-order valence-electron chi connectivity index (χ3n) is 3.66. The maximum absolute atomic E-state index is 12.2. The molecule has 0 fully saturated rings. The van der Waals surface area contributed by atoms with Crippen LogP contribution in [0.25, 0.3) is 0 Å². The Hall–Kier alpha value is -2.31. The van der Waals surface area contributed by atoms with Gasteiger partial charge in [0.15, 0.2) is 11.2 Å². The zero-order valence-electron chi connectivity index (χ0n) is 15.1. The van der Waals surface area contributed by atoms with Crippen molar-refractivity contribution in [3.05, 3.63) is 58.1 Å². The average molecular weight is 392 g/mol. The van der Waals surface area contributed by atoms with Crippen molar-refractivity contribution in [2.75, 3.05) is 5.32 Å². The summed E-state index contributed by atoms with van der Waals surface area (Å²) in [6, 6.07) is 11.4. The first kappa shape index (κ1) is 20.0. The molecule has 1 amide bonds. The normalized spacial score (nSPS) is 11.4. The molecule has 0 bridgehead atoms. The molecule has 2 aromatic carbocycles. The van der Waals surface area contributed by atoms with Crippen LogP contribution in [0.3, 0.4) is 0 Å². The highest BCUT2D eigenvalue weighted by atomic mass is 35.5. The molecule has 0 aromatic heterocycles. The first-order chi connectivity index (χ1) is 12.3. The van der Waals surface area contributed by atoms with Crippen LogP contribution in [0.5, 0.6) is 5.75 Å². The predicted octanol–water partition coefficient (Wildman–Crippen LogP) is 4.05. The van der Waals surface area contributed by atoms with Gasteiger partial charge in [-0.3, -0.25) is 15.6 Å². The minimum atomic E-state index is -0.706. The maximum atomic E-state index is 12.2. The summed E-state index contributed by atoms with van der Waals surface area (Å²) < 4.78 is 5.78. The van der Waals surface area contributed by atoms with E-state index < -0.39 is 6.10 Å². The Morgan fingerprint density at radius 1 is 1.12 bits per heavy atom. The first-order valence-electron chi connectivity index (χ1n) is 8.13. The van der Waals surface area contributed by atoms with E-state index in [9.17, 15) is 4.79 Å². The number of carbonyl (C=O) groups excluding carboxylic acids is 1. The van der Waals surface area contributed by atoms with Gasteiger partial charge in [-0.1, -0.05) is 23.7 Å². The van der Waals surface area contributed by atoms with Crippen LogP contribution in [-0.4, -0.2) is 17.1 Å². The van der Waals surface area contributed by atoms with Gasteiger partial charge in [0.1, 0.15) is 5.75 Å². The smallest absolute Gasteiger partial charge is 0.279 e. The topological polar surface area (TPSA) is 62.4 Å². The number of aryl methyl sites for hydroxylation is 3. The molecule has 0 aliphatic heterocycles. The van der Waals surface area contributed by atoms with Gasteiger partial charge in [-0.15, -0.1) is 0 Å². The second-order valence-corrected chi connectivity index (χ2v) is 6.91. The molecule has 0 aliphatic carbocycles. The molecule has 1 atom stereocenters. The van der Waals surface area contributed by atoms with Crippen LogP contribution in [0.1, 0.15) is 23.6 Å². The van der Waals surface area contributed by atoms with Gasteiger partial charge in [-0.25, -0.2) is 0 Å². The van der Waals surface area contributed by atoms with Crippen LogP contribution >= 0.6 is 23.8 Å². The Bertz CT molecular complexity index is 803. The van der Waals surface area contributed by atoms with Gasteiger partial charge in [0.2, 0.25) is 0 Å². The van der Waals surface area contributed by atoms with Gasteiger partial charge < -0.3 is 10.1 Å². The highest BCUT2D eigenvalue weighted by molar-refractivity contribution is 7.80. The lowest BCUT2D eigenvalue weighted by atomic mass is 10.1. The summed E-state index contributed by atoms with van der Waals surface area (Å²) in [5, 5.41) is 3.93. The molecule has 2 rings (SSSR count). The molecule has 0 unspecified atom stereocenters. The van der Waals surface area contributed by atoms with Crippen molar-refractivity contribution >= 4 is 40.5 Å². The van der Waals surface area contributed by atoms with Crippen molar-refractivity contribution in [2.24, 2.45) is 0 Å². The SMILES string of the molecule is Cc1cccc(NC(=S)NNC(=O)[C@@H](C)Oc2c(C)cc(Cl)cc2C)c1. The summed E-state index contributed by atoms with van der Waals surface area (Å²) in [5.41, 5.74) is 8.92. The molecule has 138 valence electrons. The summed E-state index contributed by atoms with van der Waals surface area (Å²) in [6.45, 7) is 7.43. The molecule has 26 heavy (non-hydrogen) atoms. The first-order valence-corrected chi connectivity index (χ1v) is 8.92. The number of hydrazine groups is 1. The van der Waals surface area contributed by atoms with Gasteiger partial charge in [0, 0.05) is 10.7 Å². The van der Waals surface area contributed by atoms with Crippen LogP contribution < -0.4 is 20.9 Å². The number of thiocarbonyl (C=S) groups is 1. The van der Waals surface area contributed by atoms with Gasteiger partial charge in [0.25, 0.3) is 5.91 Å². The van der Waals surface area contributed by atoms with E-state index in [4.69, 9.17) is 28.6 Å². The largest absolute Gasteiger partial charge is 0.480 e. The van der Waals surface area contributed by atoms with Crippen molar-refractivity contribution in [2.45, 2.75) is 33.8 Å². The van der Waals surface area contributed by atoms with Gasteiger partial charge in [-0.05, 0) is 80.9 Å². The number of halogens is 1. The standard InChI is InChI=1S/C19H22ClN3O2S/c1-11-6-5-7-16(8-11)21-19(26)23-22-18(24)14(4)25-17-12(2)9-15(20)10-13(17)3/h5-10,14H,1-4H3,(H,22,24)(H2,21,23,26)/t14-/m1/s1. The lowest BCUT2D eigenvalue weighted by Crippen LogP contribution is -2.48. The van der Waals surface area contributed by atoms with Crippen molar-refractivity contribution in [3.8, 4) is 5.75 Å². The van der Waals surface area contributed by atoms with E-state index in [1.54, 1.807) is 19.1 Å². The van der Waals surface area contributed by atoms with Crippen LogP contribution in [0.4, 0.5) is 5.69 Å². The molecule has 0 heterocycles. The number of amides is 1. The zero-order chi connectivity index (χ0) is 19.3. The number of rotatable bonds is 4. The minimum absolute atomic E-state index is 0.287. The molecule has 0 radical (unpaired) electrons. The molecular formula is C19H22ClN3O2S. The number of benzene rings is 2. The Balaban J connectivity index is 1.88. The molecule has 5 nitrogen and oxygen atoms in total. The number of carbonyl (C=O) groups is 1. The van der Waals surface area contributed by atoms with E-state index in [1.807, 2.05) is 45.0 Å². The minimum Gasteiger partial charge on any atom is -0.480 e. The molecule has 0 spiro atoms. The molecule has 2 aromatic rings. The van der Waals surface area contributed by atoms with E-state index in [-0.39, 0.29) is 11.0 Å². The third-order valence-corrected chi connectivity index (χ3v) is 4.09. The van der Waals surface area contributed by atoms with Gasteiger partial charge in [-0.2, -0.15) is 0 Å². The Morgan fingerprint density at radius 3 is 2.38 bits per heavy atom. The Labute approximate surface area is 164 Å². The molecular weight excluding hydrogens is 370 g/mol. The maximum Gasteiger partial charge on any atom is 0.279 e. The average Bonchev–Trinajstić information content (AvgIpc) is 2.55. The molecule has 0 saturated heterocycles. The number of anilines is 1. The third kappa shape index (κ3) is 5.61. The summed E-state index contributed by atoms with van der Waals surface area (Å²) >= 11 is 11.2. The van der Waals surface area contributed by atoms with Crippen LogP contribution in [0.15, 0.2) is 36.4 Å². The number of nitrogens with one attached hydrogen (secondary N) is 3. The predicted molar refractivity (Wildman–Crippen MR) is 110 cm³/mol. The van der Waals surface area contributed by atoms with Crippen molar-refractivity contribution in [1.29, 1.82) is 0 Å². The quantitative estimate of drug-likeness (QED) is 0.542. The van der Waals surface area contributed by atoms with Gasteiger partial charge in [0.05, 0.1) is 0 Å². The van der Waals surface area contributed by atoms with Crippen LogP contribution in [0, 0.1) is 20.8 Å². The van der Waals surface area contributed by atoms with Crippen LogP contribution in [0.2, 0.25) is 5.02 Å². The van der Waals surface area contributed by atoms with E-state index in [1.165, 1.54) is 0 Å². The van der Waals surface area contributed by atoms with Crippen LogP contribution in [-0.2, 0) is 4.79 Å². The Kier molecular flexibility index (Phi) is 6.83. The van der Waals surface area contributed by atoms with E-state index in [0.29, 0.717) is 10.8 Å². The summed E-state index contributed by atoms with van der Waals surface area (Å²) in [6.07, 6.45) is -0.706. The fourth-order valence-corrected chi connectivity index (χ4v) is 2.91. The molecule has 0 saturated carbocycles. The van der Waals surface area contributed by atoms with Crippen molar-refractivity contribution < 1.29 is 9.53 Å². The molecule has 3 N–H and O–H groups in total. The fraction of sp³-hybridized carbons (Fsp3) is 0.263. The highest BCUT2D eigenvalue weighted by Gasteiger charge is 2.17. The molecule has 7 heteroatoms. The number of hydrogen-bond acceptors (Lipinski definition) is 3. The summed E-state index contributed by atoms with van der Waals surface area (Å²) in [7, 11) is 0. The second kappa shape index (κ2) is 8.87. The number of hydrogen-bond donors (Lipinski definition) is 3. The highest BCUT2D eigenvalue weighted by Crippen LogP contribution is 2.27. The monoisotopic (exact) mass is 391 g/mol. The fourth-order valence-electron chi connectivity index (χ4n) is 2.42. The second-order valence-electron chi connectivity index (χ2n) is 6.07. The van der Waals surface area contributed by atoms with E-state index in [0.717, 1.165) is 22.4 Å². The molecule has 0 aliphatic rings. The van der Waals surface area contributed by atoms with E-state index in [2.05, 4.69) is 16.2 Å². The lowest BCUT2D eigenvalue weighted by molar-refractivity contribution is -0.127. The van der Waals surface area contributed by atoms with Crippen molar-refractivity contribution in [1.82, 2.24) is 10.9 Å². The lowest BCUT2D eigenvalue weighted by Gasteiger charge is -2.19. The summed E-state index contributed by atoms with van der Waals surface area (Å²) in [5.74, 6) is 0.310. The summed E-state index contributed by atoms with van der Waals surface area (Å²) in [4.78, 5) is 12.2. The van der Waals surface area contributed by atoms with Gasteiger partial charge >= 0.3 is 0 Å². The van der Waals surface area contributed by atoms with E-state index >= 15 is 0 Å². The number of ether oxygens (including phenoxy) is 1. The zero-order valence-corrected chi connectivity index (χ0v) is 16.7.